The van der Waals surface area contributed by atoms with Gasteiger partial charge in [-0.25, -0.2) is 4.98 Å². The maximum Gasteiger partial charge on any atom is 0.231 e. The van der Waals surface area contributed by atoms with Gasteiger partial charge in [0, 0.05) is 5.56 Å². The standard InChI is InChI=1S/C21H15NO4/c1-24-15-7-4-6-14(12-15)20(23)17(13-16-8-5-11-25-16)21-22-18-9-2-3-10-19(18)26-21/h2-13H,1H3/b17-13-. The van der Waals surface area contributed by atoms with Crippen LogP contribution in [-0.2, 0) is 0 Å². The Morgan fingerprint density at radius 1 is 1.08 bits per heavy atom. The summed E-state index contributed by atoms with van der Waals surface area (Å²) in [6.45, 7) is 0. The average molecular weight is 345 g/mol. The number of carbonyl (C=O) groups is 1. The molecule has 0 aliphatic carbocycles. The van der Waals surface area contributed by atoms with Gasteiger partial charge >= 0.3 is 0 Å². The molecular formula is C21H15NO4. The minimum Gasteiger partial charge on any atom is -0.497 e. The number of allylic oxidation sites excluding steroid dienone is 1. The number of benzene rings is 2. The number of carbonyl (C=O) groups excluding carboxylic acids is 1. The van der Waals surface area contributed by atoms with Gasteiger partial charge in [0.15, 0.2) is 11.4 Å². The van der Waals surface area contributed by atoms with Gasteiger partial charge in [0.2, 0.25) is 5.89 Å². The first-order valence-corrected chi connectivity index (χ1v) is 8.04. The summed E-state index contributed by atoms with van der Waals surface area (Å²) in [5, 5.41) is 0. The number of rotatable bonds is 5. The Hall–Kier alpha value is -3.60. The molecule has 0 bridgehead atoms. The van der Waals surface area contributed by atoms with Gasteiger partial charge in [-0.3, -0.25) is 4.79 Å². The lowest BCUT2D eigenvalue weighted by atomic mass is 10.0. The van der Waals surface area contributed by atoms with Crippen LogP contribution in [0.1, 0.15) is 22.0 Å². The van der Waals surface area contributed by atoms with E-state index in [9.17, 15) is 4.79 Å². The van der Waals surface area contributed by atoms with Crippen LogP contribution in [-0.4, -0.2) is 17.9 Å². The van der Waals surface area contributed by atoms with Crippen LogP contribution < -0.4 is 4.74 Å². The van der Waals surface area contributed by atoms with Crippen LogP contribution in [0.3, 0.4) is 0 Å². The number of hydrogen-bond acceptors (Lipinski definition) is 5. The molecule has 4 aromatic rings. The van der Waals surface area contributed by atoms with Crippen LogP contribution in [0.4, 0.5) is 0 Å². The highest BCUT2D eigenvalue weighted by Crippen LogP contribution is 2.27. The van der Waals surface area contributed by atoms with E-state index in [2.05, 4.69) is 4.98 Å². The van der Waals surface area contributed by atoms with Crippen molar-refractivity contribution in [3.63, 3.8) is 0 Å². The molecule has 0 aliphatic rings. The van der Waals surface area contributed by atoms with E-state index in [0.717, 1.165) is 0 Å². The summed E-state index contributed by atoms with van der Waals surface area (Å²) in [7, 11) is 1.56. The number of ketones is 1. The fourth-order valence-electron chi connectivity index (χ4n) is 2.65. The molecule has 0 spiro atoms. The zero-order chi connectivity index (χ0) is 17.9. The molecule has 5 nitrogen and oxygen atoms in total. The van der Waals surface area contributed by atoms with Crippen molar-refractivity contribution in [1.82, 2.24) is 4.98 Å². The van der Waals surface area contributed by atoms with Gasteiger partial charge in [-0.15, -0.1) is 0 Å². The Kier molecular flexibility index (Phi) is 4.11. The number of oxazole rings is 1. The van der Waals surface area contributed by atoms with Crippen LogP contribution >= 0.6 is 0 Å². The van der Waals surface area contributed by atoms with Crippen LogP contribution in [0.2, 0.25) is 0 Å². The van der Waals surface area contributed by atoms with E-state index in [1.165, 1.54) is 0 Å². The summed E-state index contributed by atoms with van der Waals surface area (Å²) in [5.41, 5.74) is 2.09. The van der Waals surface area contributed by atoms with Crippen LogP contribution in [0.25, 0.3) is 22.7 Å². The monoisotopic (exact) mass is 345 g/mol. The number of para-hydroxylation sites is 2. The lowest BCUT2D eigenvalue weighted by Gasteiger charge is -2.05. The first-order chi connectivity index (χ1) is 12.7. The van der Waals surface area contributed by atoms with Crippen molar-refractivity contribution in [1.29, 1.82) is 0 Å². The fraction of sp³-hybridized carbons (Fsp3) is 0.0476. The molecule has 2 aromatic heterocycles. The Bertz CT molecular complexity index is 1060. The van der Waals surface area contributed by atoms with Crippen molar-refractivity contribution in [3.05, 3.63) is 84.1 Å². The van der Waals surface area contributed by atoms with Gasteiger partial charge in [-0.2, -0.15) is 0 Å². The highest BCUT2D eigenvalue weighted by Gasteiger charge is 2.21. The molecule has 0 saturated heterocycles. The number of methoxy groups -OCH3 is 1. The second-order valence-electron chi connectivity index (χ2n) is 5.62. The zero-order valence-corrected chi connectivity index (χ0v) is 14.0. The van der Waals surface area contributed by atoms with Crippen molar-refractivity contribution < 1.29 is 18.4 Å². The lowest BCUT2D eigenvalue weighted by Crippen LogP contribution is -2.03. The number of ether oxygens (including phenoxy) is 1. The van der Waals surface area contributed by atoms with Crippen LogP contribution in [0.15, 0.2) is 75.8 Å². The molecule has 2 heterocycles. The SMILES string of the molecule is COc1cccc(C(=O)/C(=C/c2ccco2)c2nc3ccccc3o2)c1. The summed E-state index contributed by atoms with van der Waals surface area (Å²) < 4.78 is 16.4. The van der Waals surface area contributed by atoms with Crippen LogP contribution in [0.5, 0.6) is 5.75 Å². The van der Waals surface area contributed by atoms with Gasteiger partial charge in [-0.1, -0.05) is 24.3 Å². The molecular weight excluding hydrogens is 330 g/mol. The highest BCUT2D eigenvalue weighted by molar-refractivity contribution is 6.31. The topological polar surface area (TPSA) is 65.5 Å². The van der Waals surface area contributed by atoms with E-state index in [1.807, 2.05) is 24.3 Å². The lowest BCUT2D eigenvalue weighted by molar-refractivity contribution is 0.105. The smallest absolute Gasteiger partial charge is 0.231 e. The largest absolute Gasteiger partial charge is 0.497 e. The molecule has 0 fully saturated rings. The number of aromatic nitrogens is 1. The van der Waals surface area contributed by atoms with Crippen molar-refractivity contribution in [2.75, 3.05) is 7.11 Å². The molecule has 26 heavy (non-hydrogen) atoms. The number of Topliss-reactive ketones (excluding diaryl/α,β-unsaturated/α-hetero) is 1. The number of hydrogen-bond donors (Lipinski definition) is 0. The van der Waals surface area contributed by atoms with Crippen molar-refractivity contribution in [3.8, 4) is 5.75 Å². The zero-order valence-electron chi connectivity index (χ0n) is 14.0. The quantitative estimate of drug-likeness (QED) is 0.382. The van der Waals surface area contributed by atoms with E-state index < -0.39 is 0 Å². The molecule has 5 heteroatoms. The molecule has 0 amide bonds. The van der Waals surface area contributed by atoms with Crippen LogP contribution in [0, 0.1) is 0 Å². The van der Waals surface area contributed by atoms with E-state index in [-0.39, 0.29) is 11.7 Å². The second kappa shape index (κ2) is 6.72. The third-order valence-corrected chi connectivity index (χ3v) is 3.93. The molecule has 4 rings (SSSR count). The minimum absolute atomic E-state index is 0.230. The third kappa shape index (κ3) is 3.02. The average Bonchev–Trinajstić information content (AvgIpc) is 3.34. The predicted molar refractivity (Wildman–Crippen MR) is 97.9 cm³/mol. The van der Waals surface area contributed by atoms with E-state index in [1.54, 1.807) is 55.8 Å². The maximum atomic E-state index is 13.2. The van der Waals surface area contributed by atoms with Gasteiger partial charge in [-0.05, 0) is 42.5 Å². The third-order valence-electron chi connectivity index (χ3n) is 3.93. The molecule has 2 aromatic carbocycles. The summed E-state index contributed by atoms with van der Waals surface area (Å²) in [6, 6.07) is 17.9. The first-order valence-electron chi connectivity index (χ1n) is 8.04. The number of furan rings is 1. The Labute approximate surface area is 149 Å². The fourth-order valence-corrected chi connectivity index (χ4v) is 2.65. The molecule has 0 unspecified atom stereocenters. The van der Waals surface area contributed by atoms with Crippen molar-refractivity contribution in [2.45, 2.75) is 0 Å². The molecule has 128 valence electrons. The Balaban J connectivity index is 1.84. The summed E-state index contributed by atoms with van der Waals surface area (Å²) in [4.78, 5) is 17.6. The number of nitrogens with zero attached hydrogens (tertiary/aromatic N) is 1. The molecule has 0 aliphatic heterocycles. The molecule has 0 radical (unpaired) electrons. The highest BCUT2D eigenvalue weighted by atomic mass is 16.5. The Morgan fingerprint density at radius 3 is 2.73 bits per heavy atom. The Morgan fingerprint density at radius 2 is 1.96 bits per heavy atom. The van der Waals surface area contributed by atoms with E-state index >= 15 is 0 Å². The number of fused-ring (bicyclic) bond motifs is 1. The van der Waals surface area contributed by atoms with Crippen molar-refractivity contribution in [2.24, 2.45) is 0 Å². The normalized spacial score (nSPS) is 11.7. The first kappa shape index (κ1) is 15.9. The second-order valence-corrected chi connectivity index (χ2v) is 5.62. The van der Waals surface area contributed by atoms with E-state index in [0.29, 0.717) is 33.7 Å². The van der Waals surface area contributed by atoms with Gasteiger partial charge in [0.1, 0.15) is 17.0 Å². The maximum absolute atomic E-state index is 13.2. The summed E-state index contributed by atoms with van der Waals surface area (Å²) in [6.07, 6.45) is 3.18. The summed E-state index contributed by atoms with van der Waals surface area (Å²) >= 11 is 0. The summed E-state index contributed by atoms with van der Waals surface area (Å²) in [5.74, 6) is 1.16. The van der Waals surface area contributed by atoms with Gasteiger partial charge < -0.3 is 13.6 Å². The minimum atomic E-state index is -0.230. The predicted octanol–water partition coefficient (Wildman–Crippen LogP) is 4.85. The van der Waals surface area contributed by atoms with E-state index in [4.69, 9.17) is 13.6 Å². The molecule has 0 N–H and O–H groups in total. The molecule has 0 atom stereocenters. The van der Waals surface area contributed by atoms with Gasteiger partial charge in [0.05, 0.1) is 18.9 Å². The van der Waals surface area contributed by atoms with Crippen molar-refractivity contribution >= 4 is 28.5 Å². The molecule has 0 saturated carbocycles. The van der Waals surface area contributed by atoms with Gasteiger partial charge in [0.25, 0.3) is 0 Å².